The van der Waals surface area contributed by atoms with Gasteiger partial charge in [0.05, 0.1) is 16.3 Å². The standard InChI is InChI=1S/C27H32N4O3S/c32-27(28-19-21-8-3-1-4-9-21)23-10-7-15-30(20-23)26-14-11-22-18-24(12-13-25(22)29-26)35(33,34)31-16-5-2-6-17-31/h1,3-4,8-9,11-14,18,23H,2,5-7,10,15-17,19-20H2,(H,28,32)/t23-/m1/s1. The summed E-state index contributed by atoms with van der Waals surface area (Å²) in [6, 6.07) is 19.0. The van der Waals surface area contributed by atoms with Gasteiger partial charge in [-0.2, -0.15) is 4.31 Å². The van der Waals surface area contributed by atoms with Gasteiger partial charge in [0.15, 0.2) is 0 Å². The van der Waals surface area contributed by atoms with Crippen molar-refractivity contribution >= 4 is 32.7 Å². The molecule has 2 aliphatic heterocycles. The predicted molar refractivity (Wildman–Crippen MR) is 138 cm³/mol. The van der Waals surface area contributed by atoms with Gasteiger partial charge in [-0.3, -0.25) is 4.79 Å². The molecule has 0 aliphatic carbocycles. The number of rotatable bonds is 6. The molecule has 0 unspecified atom stereocenters. The van der Waals surface area contributed by atoms with Crippen LogP contribution in [-0.2, 0) is 21.4 Å². The smallest absolute Gasteiger partial charge is 0.243 e. The number of amides is 1. The van der Waals surface area contributed by atoms with Crippen LogP contribution in [-0.4, -0.2) is 49.8 Å². The molecule has 184 valence electrons. The molecule has 1 atom stereocenters. The zero-order valence-corrected chi connectivity index (χ0v) is 20.7. The van der Waals surface area contributed by atoms with Crippen molar-refractivity contribution in [1.82, 2.24) is 14.6 Å². The highest BCUT2D eigenvalue weighted by molar-refractivity contribution is 7.89. The van der Waals surface area contributed by atoms with Crippen LogP contribution in [0, 0.1) is 5.92 Å². The van der Waals surface area contributed by atoms with Gasteiger partial charge in [0.25, 0.3) is 0 Å². The van der Waals surface area contributed by atoms with Crippen LogP contribution >= 0.6 is 0 Å². The van der Waals surface area contributed by atoms with Gasteiger partial charge in [-0.05, 0) is 61.6 Å². The van der Waals surface area contributed by atoms with Gasteiger partial charge in [-0.1, -0.05) is 36.8 Å². The van der Waals surface area contributed by atoms with Crippen molar-refractivity contribution in [2.24, 2.45) is 5.92 Å². The summed E-state index contributed by atoms with van der Waals surface area (Å²) in [6.07, 6.45) is 4.71. The predicted octanol–water partition coefficient (Wildman–Crippen LogP) is 3.94. The first-order chi connectivity index (χ1) is 17.0. The second-order valence-corrected chi connectivity index (χ2v) is 11.4. The van der Waals surface area contributed by atoms with E-state index < -0.39 is 10.0 Å². The van der Waals surface area contributed by atoms with Gasteiger partial charge in [0.2, 0.25) is 15.9 Å². The van der Waals surface area contributed by atoms with Crippen LogP contribution in [0.4, 0.5) is 5.82 Å². The van der Waals surface area contributed by atoms with Crippen LogP contribution in [0.25, 0.3) is 10.9 Å². The molecule has 0 bridgehead atoms. The van der Waals surface area contributed by atoms with Crippen LogP contribution in [0.15, 0.2) is 65.6 Å². The molecule has 5 rings (SSSR count). The number of piperidine rings is 2. The molecular weight excluding hydrogens is 460 g/mol. The number of fused-ring (bicyclic) bond motifs is 1. The maximum Gasteiger partial charge on any atom is 0.243 e. The number of carbonyl (C=O) groups excluding carboxylic acids is 1. The van der Waals surface area contributed by atoms with Gasteiger partial charge >= 0.3 is 0 Å². The number of sulfonamides is 1. The number of nitrogens with zero attached hydrogens (tertiary/aromatic N) is 3. The number of anilines is 1. The average Bonchev–Trinajstić information content (AvgIpc) is 2.92. The maximum atomic E-state index is 13.0. The van der Waals surface area contributed by atoms with E-state index in [-0.39, 0.29) is 11.8 Å². The Hall–Kier alpha value is -2.97. The highest BCUT2D eigenvalue weighted by atomic mass is 32.2. The molecule has 2 saturated heterocycles. The first-order valence-electron chi connectivity index (χ1n) is 12.5. The minimum Gasteiger partial charge on any atom is -0.356 e. The highest BCUT2D eigenvalue weighted by Gasteiger charge is 2.28. The number of carbonyl (C=O) groups is 1. The molecule has 1 aromatic heterocycles. The SMILES string of the molecule is O=C(NCc1ccccc1)[C@@H]1CCCN(c2ccc3cc(S(=O)(=O)N4CCCCC4)ccc3n2)C1. The number of hydrogen-bond donors (Lipinski definition) is 1. The summed E-state index contributed by atoms with van der Waals surface area (Å²) in [5.41, 5.74) is 1.85. The third-order valence-corrected chi connectivity index (χ3v) is 8.92. The largest absolute Gasteiger partial charge is 0.356 e. The molecule has 0 spiro atoms. The number of aromatic nitrogens is 1. The Labute approximate surface area is 207 Å². The number of pyridine rings is 1. The van der Waals surface area contributed by atoms with E-state index in [4.69, 9.17) is 4.98 Å². The van der Waals surface area contributed by atoms with Crippen LogP contribution in [0.3, 0.4) is 0 Å². The van der Waals surface area contributed by atoms with Gasteiger partial charge in [-0.25, -0.2) is 13.4 Å². The number of hydrogen-bond acceptors (Lipinski definition) is 5. The second kappa shape index (κ2) is 10.3. The number of benzene rings is 2. The van der Waals surface area contributed by atoms with E-state index in [2.05, 4.69) is 10.2 Å². The van der Waals surface area contributed by atoms with E-state index in [1.54, 1.807) is 22.5 Å². The Kier molecular flexibility index (Phi) is 7.02. The minimum atomic E-state index is -3.48. The fourth-order valence-electron chi connectivity index (χ4n) is 5.01. The molecule has 35 heavy (non-hydrogen) atoms. The lowest BCUT2D eigenvalue weighted by Crippen LogP contribution is -2.43. The summed E-state index contributed by atoms with van der Waals surface area (Å²) in [4.78, 5) is 20.1. The van der Waals surface area contributed by atoms with Gasteiger partial charge in [0.1, 0.15) is 5.82 Å². The Morgan fingerprint density at radius 2 is 1.74 bits per heavy atom. The third kappa shape index (κ3) is 5.33. The lowest BCUT2D eigenvalue weighted by atomic mass is 9.97. The monoisotopic (exact) mass is 492 g/mol. The average molecular weight is 493 g/mol. The Morgan fingerprint density at radius 3 is 2.54 bits per heavy atom. The molecule has 1 amide bonds. The highest BCUT2D eigenvalue weighted by Crippen LogP contribution is 2.27. The molecule has 2 fully saturated rings. The van der Waals surface area contributed by atoms with E-state index in [0.29, 0.717) is 31.1 Å². The summed E-state index contributed by atoms with van der Waals surface area (Å²) in [5, 5.41) is 3.88. The maximum absolute atomic E-state index is 13.0. The molecule has 2 aromatic carbocycles. The van der Waals surface area contributed by atoms with Crippen molar-refractivity contribution in [3.8, 4) is 0 Å². The third-order valence-electron chi connectivity index (χ3n) is 7.02. The van der Waals surface area contributed by atoms with Crippen molar-refractivity contribution < 1.29 is 13.2 Å². The van der Waals surface area contributed by atoms with E-state index in [1.165, 1.54) is 0 Å². The Morgan fingerprint density at radius 1 is 0.943 bits per heavy atom. The molecule has 2 aliphatic rings. The van der Waals surface area contributed by atoms with Gasteiger partial charge in [-0.15, -0.1) is 0 Å². The van der Waals surface area contributed by atoms with E-state index in [0.717, 1.165) is 60.9 Å². The lowest BCUT2D eigenvalue weighted by Gasteiger charge is -2.33. The molecule has 8 heteroatoms. The Balaban J connectivity index is 1.28. The van der Waals surface area contributed by atoms with E-state index >= 15 is 0 Å². The molecular formula is C27H32N4O3S. The van der Waals surface area contributed by atoms with E-state index in [1.807, 2.05) is 42.5 Å². The summed E-state index contributed by atoms with van der Waals surface area (Å²) in [7, 11) is -3.48. The molecule has 1 N–H and O–H groups in total. The fraction of sp³-hybridized carbons (Fsp3) is 0.407. The topological polar surface area (TPSA) is 82.6 Å². The van der Waals surface area contributed by atoms with Crippen molar-refractivity contribution in [2.75, 3.05) is 31.1 Å². The Bertz CT molecular complexity index is 1290. The summed E-state index contributed by atoms with van der Waals surface area (Å²) in [5.74, 6) is 0.818. The summed E-state index contributed by atoms with van der Waals surface area (Å²) < 4.78 is 27.7. The molecule has 3 heterocycles. The first kappa shape index (κ1) is 23.8. The molecule has 0 saturated carbocycles. The van der Waals surface area contributed by atoms with Crippen LogP contribution < -0.4 is 10.2 Å². The van der Waals surface area contributed by atoms with Crippen LogP contribution in [0.2, 0.25) is 0 Å². The van der Waals surface area contributed by atoms with E-state index in [9.17, 15) is 13.2 Å². The second-order valence-electron chi connectivity index (χ2n) is 9.48. The molecule has 7 nitrogen and oxygen atoms in total. The summed E-state index contributed by atoms with van der Waals surface area (Å²) >= 11 is 0. The van der Waals surface area contributed by atoms with Crippen LogP contribution in [0.5, 0.6) is 0 Å². The van der Waals surface area contributed by atoms with Crippen molar-refractivity contribution in [3.63, 3.8) is 0 Å². The molecule has 0 radical (unpaired) electrons. The van der Waals surface area contributed by atoms with Crippen molar-refractivity contribution in [1.29, 1.82) is 0 Å². The van der Waals surface area contributed by atoms with Gasteiger partial charge < -0.3 is 10.2 Å². The van der Waals surface area contributed by atoms with Crippen LogP contribution in [0.1, 0.15) is 37.7 Å². The minimum absolute atomic E-state index is 0.0758. The molecule has 3 aromatic rings. The van der Waals surface area contributed by atoms with Crippen molar-refractivity contribution in [3.05, 3.63) is 66.2 Å². The zero-order valence-electron chi connectivity index (χ0n) is 19.9. The normalized spacial score (nSPS) is 19.5. The number of nitrogens with one attached hydrogen (secondary N) is 1. The van der Waals surface area contributed by atoms with Crippen molar-refractivity contribution in [2.45, 2.75) is 43.5 Å². The summed E-state index contributed by atoms with van der Waals surface area (Å²) in [6.45, 7) is 3.19. The van der Waals surface area contributed by atoms with Gasteiger partial charge in [0, 0.05) is 38.1 Å². The quantitative estimate of drug-likeness (QED) is 0.564. The lowest BCUT2D eigenvalue weighted by molar-refractivity contribution is -0.125. The first-order valence-corrected chi connectivity index (χ1v) is 13.9. The fourth-order valence-corrected chi connectivity index (χ4v) is 6.57. The zero-order chi connectivity index (χ0) is 24.3.